The summed E-state index contributed by atoms with van der Waals surface area (Å²) in [6, 6.07) is 4.24. The van der Waals surface area contributed by atoms with Crippen LogP contribution in [0.1, 0.15) is 37.0 Å². The minimum Gasteiger partial charge on any atom is -0.354 e. The summed E-state index contributed by atoms with van der Waals surface area (Å²) in [4.78, 5) is 22.9. The van der Waals surface area contributed by atoms with Crippen molar-refractivity contribution in [2.75, 3.05) is 6.54 Å². The zero-order valence-corrected chi connectivity index (χ0v) is 14.2. The Hall–Kier alpha value is -2.03. The van der Waals surface area contributed by atoms with Crippen molar-refractivity contribution in [1.29, 1.82) is 0 Å². The van der Waals surface area contributed by atoms with Gasteiger partial charge in [0.05, 0.1) is 4.90 Å². The van der Waals surface area contributed by atoms with Crippen LogP contribution in [0, 0.1) is 0 Å². The average Bonchev–Trinajstić information content (AvgIpc) is 2.54. The van der Waals surface area contributed by atoms with E-state index in [0.717, 1.165) is 30.7 Å². The summed E-state index contributed by atoms with van der Waals surface area (Å²) in [5, 5.41) is 5.25. The number of alkyl halides is 2. The molecule has 0 aromatic heterocycles. The summed E-state index contributed by atoms with van der Waals surface area (Å²) in [5.74, 6) is -4.23. The third-order valence-corrected chi connectivity index (χ3v) is 4.74. The van der Waals surface area contributed by atoms with Crippen LogP contribution in [0.4, 0.5) is 8.78 Å². The van der Waals surface area contributed by atoms with Crippen molar-refractivity contribution >= 4 is 21.7 Å². The maximum absolute atomic E-state index is 12.4. The van der Waals surface area contributed by atoms with Crippen LogP contribution in [0.3, 0.4) is 0 Å². The molecule has 0 saturated carbocycles. The molecule has 0 aliphatic rings. The second-order valence-electron chi connectivity index (χ2n) is 5.21. The van der Waals surface area contributed by atoms with E-state index >= 15 is 0 Å². The molecule has 2 amide bonds. The Morgan fingerprint density at radius 1 is 1.17 bits per heavy atom. The van der Waals surface area contributed by atoms with Crippen LogP contribution in [0.15, 0.2) is 29.2 Å². The lowest BCUT2D eigenvalue weighted by atomic mass is 10.2. The lowest BCUT2D eigenvalue weighted by Crippen LogP contribution is -2.35. The molecule has 1 aromatic rings. The fourth-order valence-electron chi connectivity index (χ4n) is 1.74. The first kappa shape index (κ1) is 20.0. The zero-order valence-electron chi connectivity index (χ0n) is 13.4. The largest absolute Gasteiger partial charge is 0.354 e. The highest BCUT2D eigenvalue weighted by Gasteiger charge is 2.26. The summed E-state index contributed by atoms with van der Waals surface area (Å²) < 4.78 is 47.4. The molecular formula is C15H20F2N2O4S. The van der Waals surface area contributed by atoms with E-state index in [9.17, 15) is 26.8 Å². The highest BCUT2D eigenvalue weighted by Crippen LogP contribution is 2.18. The number of halogens is 2. The number of rotatable bonds is 8. The maximum atomic E-state index is 12.4. The molecule has 1 unspecified atom stereocenters. The van der Waals surface area contributed by atoms with Crippen LogP contribution in [0.2, 0.25) is 0 Å². The summed E-state index contributed by atoms with van der Waals surface area (Å²) in [6.45, 7) is 3.91. The second-order valence-corrected chi connectivity index (χ2v) is 7.13. The van der Waals surface area contributed by atoms with E-state index in [0.29, 0.717) is 0 Å². The molecule has 0 heterocycles. The summed E-state index contributed by atoms with van der Waals surface area (Å²) in [7, 11) is -4.68. The molecule has 0 aliphatic carbocycles. The summed E-state index contributed by atoms with van der Waals surface area (Å²) in [5.41, 5.74) is 0.116. The van der Waals surface area contributed by atoms with Crippen molar-refractivity contribution in [2.45, 2.75) is 43.4 Å². The van der Waals surface area contributed by atoms with Gasteiger partial charge in [-0.05, 0) is 37.6 Å². The lowest BCUT2D eigenvalue weighted by molar-refractivity contribution is -0.121. The molecule has 1 aromatic carbocycles. The van der Waals surface area contributed by atoms with E-state index in [1.54, 1.807) is 0 Å². The fourth-order valence-corrected chi connectivity index (χ4v) is 2.46. The predicted octanol–water partition coefficient (Wildman–Crippen LogP) is 1.72. The van der Waals surface area contributed by atoms with Crippen molar-refractivity contribution in [3.63, 3.8) is 0 Å². The average molecular weight is 362 g/mol. The Kier molecular flexibility index (Phi) is 7.27. The van der Waals surface area contributed by atoms with Crippen LogP contribution in [0.5, 0.6) is 0 Å². The zero-order chi connectivity index (χ0) is 18.3. The highest BCUT2D eigenvalue weighted by atomic mass is 32.2. The third kappa shape index (κ3) is 5.55. The SMILES string of the molecule is CCC(C)NC(=O)CCNC(=O)c1ccc(S(=O)(=O)C(F)F)cc1. The van der Waals surface area contributed by atoms with Crippen LogP contribution < -0.4 is 10.6 Å². The van der Waals surface area contributed by atoms with E-state index in [1.165, 1.54) is 0 Å². The van der Waals surface area contributed by atoms with Crippen LogP contribution in [-0.4, -0.2) is 38.6 Å². The molecule has 1 atom stereocenters. The van der Waals surface area contributed by atoms with E-state index in [-0.39, 0.29) is 30.5 Å². The Morgan fingerprint density at radius 3 is 2.25 bits per heavy atom. The van der Waals surface area contributed by atoms with E-state index < -0.39 is 26.4 Å². The van der Waals surface area contributed by atoms with Gasteiger partial charge in [0.15, 0.2) is 0 Å². The number of benzene rings is 1. The Labute approximate surface area is 139 Å². The smallest absolute Gasteiger partial charge is 0.341 e. The maximum Gasteiger partial charge on any atom is 0.341 e. The molecule has 0 fully saturated rings. The van der Waals surface area contributed by atoms with Crippen LogP contribution in [0.25, 0.3) is 0 Å². The van der Waals surface area contributed by atoms with Gasteiger partial charge in [-0.3, -0.25) is 9.59 Å². The van der Waals surface area contributed by atoms with Gasteiger partial charge in [0.2, 0.25) is 15.7 Å². The van der Waals surface area contributed by atoms with Crippen molar-refractivity contribution < 1.29 is 26.8 Å². The number of amides is 2. The molecule has 0 saturated heterocycles. The second kappa shape index (κ2) is 8.72. The first-order chi connectivity index (χ1) is 11.2. The minimum absolute atomic E-state index is 0.0533. The number of hydrogen-bond donors (Lipinski definition) is 2. The van der Waals surface area contributed by atoms with E-state index in [4.69, 9.17) is 0 Å². The standard InChI is InChI=1S/C15H20F2N2O4S/c1-3-10(2)19-13(20)8-9-18-14(21)11-4-6-12(7-5-11)24(22,23)15(16)17/h4-7,10,15H,3,8-9H2,1-2H3,(H,18,21)(H,19,20). The van der Waals surface area contributed by atoms with Gasteiger partial charge in [0.25, 0.3) is 5.91 Å². The molecule has 24 heavy (non-hydrogen) atoms. The molecule has 134 valence electrons. The molecule has 0 spiro atoms. The molecule has 0 radical (unpaired) electrons. The first-order valence-electron chi connectivity index (χ1n) is 7.38. The summed E-state index contributed by atoms with van der Waals surface area (Å²) in [6.07, 6.45) is 0.903. The number of sulfone groups is 1. The Bertz CT molecular complexity index is 675. The fraction of sp³-hybridized carbons (Fsp3) is 0.467. The van der Waals surface area contributed by atoms with E-state index in [2.05, 4.69) is 10.6 Å². The molecule has 9 heteroatoms. The number of nitrogens with one attached hydrogen (secondary N) is 2. The van der Waals surface area contributed by atoms with Gasteiger partial charge in [0.1, 0.15) is 0 Å². The van der Waals surface area contributed by atoms with Crippen molar-refractivity contribution in [2.24, 2.45) is 0 Å². The molecular weight excluding hydrogens is 342 g/mol. The van der Waals surface area contributed by atoms with Gasteiger partial charge in [-0.25, -0.2) is 8.42 Å². The molecule has 2 N–H and O–H groups in total. The first-order valence-corrected chi connectivity index (χ1v) is 8.92. The number of hydrogen-bond acceptors (Lipinski definition) is 4. The molecule has 0 bridgehead atoms. The normalized spacial score (nSPS) is 12.7. The van der Waals surface area contributed by atoms with Gasteiger partial charge in [0, 0.05) is 24.6 Å². The van der Waals surface area contributed by atoms with Gasteiger partial charge < -0.3 is 10.6 Å². The lowest BCUT2D eigenvalue weighted by Gasteiger charge is -2.11. The van der Waals surface area contributed by atoms with Crippen LogP contribution in [-0.2, 0) is 14.6 Å². The quantitative estimate of drug-likeness (QED) is 0.736. The summed E-state index contributed by atoms with van der Waals surface area (Å²) >= 11 is 0. The minimum atomic E-state index is -4.68. The monoisotopic (exact) mass is 362 g/mol. The Morgan fingerprint density at radius 2 is 1.75 bits per heavy atom. The van der Waals surface area contributed by atoms with Gasteiger partial charge in [-0.2, -0.15) is 8.78 Å². The number of carbonyl (C=O) groups is 2. The van der Waals surface area contributed by atoms with Crippen molar-refractivity contribution in [1.82, 2.24) is 10.6 Å². The molecule has 0 aliphatic heterocycles. The van der Waals surface area contributed by atoms with Crippen molar-refractivity contribution in [3.8, 4) is 0 Å². The predicted molar refractivity (Wildman–Crippen MR) is 84.5 cm³/mol. The van der Waals surface area contributed by atoms with E-state index in [1.807, 2.05) is 13.8 Å². The third-order valence-electron chi connectivity index (χ3n) is 3.34. The molecule has 1 rings (SSSR count). The van der Waals surface area contributed by atoms with Crippen molar-refractivity contribution in [3.05, 3.63) is 29.8 Å². The van der Waals surface area contributed by atoms with Gasteiger partial charge >= 0.3 is 5.76 Å². The van der Waals surface area contributed by atoms with Gasteiger partial charge in [-0.1, -0.05) is 6.92 Å². The van der Waals surface area contributed by atoms with Gasteiger partial charge in [-0.15, -0.1) is 0 Å². The van der Waals surface area contributed by atoms with Crippen LogP contribution >= 0.6 is 0 Å². The molecule has 6 nitrogen and oxygen atoms in total. The Balaban J connectivity index is 2.56. The topological polar surface area (TPSA) is 92.3 Å². The highest BCUT2D eigenvalue weighted by molar-refractivity contribution is 7.91. The number of carbonyl (C=O) groups excluding carboxylic acids is 2.